The van der Waals surface area contributed by atoms with Crippen molar-refractivity contribution in [2.45, 2.75) is 70.6 Å². The first-order valence-corrected chi connectivity index (χ1v) is 9.44. The number of hydrogen-bond acceptors (Lipinski definition) is 1. The largest absolute Gasteiger partial charge is 0.497 e. The molecule has 2 fully saturated rings. The van der Waals surface area contributed by atoms with Gasteiger partial charge in [-0.15, -0.1) is 0 Å². The van der Waals surface area contributed by atoms with E-state index in [9.17, 15) is 0 Å². The van der Waals surface area contributed by atoms with Crippen LogP contribution >= 0.6 is 0 Å². The quantitative estimate of drug-likeness (QED) is 0.644. The van der Waals surface area contributed by atoms with Crippen molar-refractivity contribution < 1.29 is 4.74 Å². The molecule has 0 aromatic heterocycles. The zero-order chi connectivity index (χ0) is 15.4. The fraction of sp³-hybridized carbons (Fsp3) is 0.714. The molecule has 2 aliphatic carbocycles. The van der Waals surface area contributed by atoms with E-state index in [-0.39, 0.29) is 0 Å². The van der Waals surface area contributed by atoms with E-state index in [0.717, 1.165) is 29.4 Å². The lowest BCUT2D eigenvalue weighted by molar-refractivity contribution is 0.158. The van der Waals surface area contributed by atoms with Gasteiger partial charge in [0.1, 0.15) is 5.75 Å². The highest BCUT2D eigenvalue weighted by Gasteiger charge is 2.30. The number of ether oxygens (including phenoxy) is 1. The molecule has 0 N–H and O–H groups in total. The third-order valence-electron chi connectivity index (χ3n) is 6.49. The van der Waals surface area contributed by atoms with E-state index in [4.69, 9.17) is 4.74 Å². The predicted molar refractivity (Wildman–Crippen MR) is 93.4 cm³/mol. The molecule has 1 nitrogen and oxygen atoms in total. The molecule has 2 saturated carbocycles. The average Bonchev–Trinajstić information content (AvgIpc) is 2.62. The summed E-state index contributed by atoms with van der Waals surface area (Å²) >= 11 is 0. The van der Waals surface area contributed by atoms with Gasteiger partial charge in [0, 0.05) is 0 Å². The van der Waals surface area contributed by atoms with E-state index >= 15 is 0 Å². The SMILES string of the molecule is CC[C@H]1CC[C@H]([C@H]2CC[C@H](c3ccc(OC)cc3)CC2)CC1. The second-order valence-electron chi connectivity index (χ2n) is 7.57. The van der Waals surface area contributed by atoms with Crippen LogP contribution in [-0.2, 0) is 0 Å². The normalized spacial score (nSPS) is 32.6. The summed E-state index contributed by atoms with van der Waals surface area (Å²) in [5.41, 5.74) is 1.52. The Hall–Kier alpha value is -0.980. The van der Waals surface area contributed by atoms with Gasteiger partial charge >= 0.3 is 0 Å². The molecule has 0 atom stereocenters. The Labute approximate surface area is 136 Å². The van der Waals surface area contributed by atoms with Gasteiger partial charge < -0.3 is 4.74 Å². The van der Waals surface area contributed by atoms with Crippen molar-refractivity contribution in [3.05, 3.63) is 29.8 Å². The maximum Gasteiger partial charge on any atom is 0.118 e. The van der Waals surface area contributed by atoms with Crippen LogP contribution in [0.4, 0.5) is 0 Å². The molecule has 0 saturated heterocycles. The molecule has 0 spiro atoms. The molecule has 1 aromatic carbocycles. The van der Waals surface area contributed by atoms with Crippen molar-refractivity contribution in [1.82, 2.24) is 0 Å². The summed E-state index contributed by atoms with van der Waals surface area (Å²) in [7, 11) is 1.74. The Morgan fingerprint density at radius 2 is 1.36 bits per heavy atom. The first kappa shape index (κ1) is 15.9. The van der Waals surface area contributed by atoms with Crippen molar-refractivity contribution in [2.24, 2.45) is 17.8 Å². The summed E-state index contributed by atoms with van der Waals surface area (Å²) in [6.45, 7) is 2.37. The highest BCUT2D eigenvalue weighted by molar-refractivity contribution is 5.29. The van der Waals surface area contributed by atoms with Crippen molar-refractivity contribution in [3.8, 4) is 5.75 Å². The molecule has 0 unspecified atom stereocenters. The minimum absolute atomic E-state index is 0.786. The lowest BCUT2D eigenvalue weighted by Crippen LogP contribution is -2.25. The number of rotatable bonds is 4. The van der Waals surface area contributed by atoms with Gasteiger partial charge in [-0.2, -0.15) is 0 Å². The van der Waals surface area contributed by atoms with Crippen molar-refractivity contribution in [1.29, 1.82) is 0 Å². The van der Waals surface area contributed by atoms with Crippen LogP contribution in [0.25, 0.3) is 0 Å². The Morgan fingerprint density at radius 3 is 1.86 bits per heavy atom. The molecule has 0 radical (unpaired) electrons. The number of hydrogen-bond donors (Lipinski definition) is 0. The monoisotopic (exact) mass is 300 g/mol. The van der Waals surface area contributed by atoms with Crippen LogP contribution in [0.5, 0.6) is 5.75 Å². The molecular weight excluding hydrogens is 268 g/mol. The lowest BCUT2D eigenvalue weighted by Gasteiger charge is -2.38. The van der Waals surface area contributed by atoms with E-state index in [1.54, 1.807) is 7.11 Å². The molecule has 0 amide bonds. The van der Waals surface area contributed by atoms with Gasteiger partial charge in [-0.25, -0.2) is 0 Å². The second-order valence-corrected chi connectivity index (χ2v) is 7.57. The van der Waals surface area contributed by atoms with Crippen LogP contribution < -0.4 is 4.74 Å². The minimum atomic E-state index is 0.786. The molecule has 0 bridgehead atoms. The van der Waals surface area contributed by atoms with Gasteiger partial charge in [0.15, 0.2) is 0 Å². The molecule has 1 aromatic rings. The van der Waals surface area contributed by atoms with Crippen LogP contribution in [-0.4, -0.2) is 7.11 Å². The zero-order valence-corrected chi connectivity index (χ0v) is 14.4. The first-order valence-electron chi connectivity index (χ1n) is 9.44. The van der Waals surface area contributed by atoms with Gasteiger partial charge in [-0.05, 0) is 79.9 Å². The Balaban J connectivity index is 1.49. The number of methoxy groups -OCH3 is 1. The highest BCUT2D eigenvalue weighted by Crippen LogP contribution is 2.44. The molecule has 2 aliphatic rings. The summed E-state index contributed by atoms with van der Waals surface area (Å²) in [5.74, 6) is 4.86. The van der Waals surface area contributed by atoms with Crippen LogP contribution in [0.3, 0.4) is 0 Å². The van der Waals surface area contributed by atoms with E-state index in [0.29, 0.717) is 0 Å². The van der Waals surface area contributed by atoms with Crippen molar-refractivity contribution in [3.63, 3.8) is 0 Å². The second kappa shape index (κ2) is 7.53. The zero-order valence-electron chi connectivity index (χ0n) is 14.4. The summed E-state index contributed by atoms with van der Waals surface area (Å²) in [6.07, 6.45) is 13.1. The van der Waals surface area contributed by atoms with Gasteiger partial charge in [0.2, 0.25) is 0 Å². The predicted octanol–water partition coefficient (Wildman–Crippen LogP) is 6.19. The van der Waals surface area contributed by atoms with Gasteiger partial charge in [-0.3, -0.25) is 0 Å². The Bertz CT molecular complexity index is 433. The molecule has 3 rings (SSSR count). The molecule has 0 heterocycles. The van der Waals surface area contributed by atoms with Crippen molar-refractivity contribution >= 4 is 0 Å². The van der Waals surface area contributed by atoms with E-state index in [1.807, 2.05) is 0 Å². The van der Waals surface area contributed by atoms with Gasteiger partial charge in [0.25, 0.3) is 0 Å². The number of benzene rings is 1. The van der Waals surface area contributed by atoms with Crippen LogP contribution in [0, 0.1) is 17.8 Å². The molecule has 122 valence electrons. The third kappa shape index (κ3) is 3.67. The Kier molecular flexibility index (Phi) is 5.44. The summed E-state index contributed by atoms with van der Waals surface area (Å²) in [4.78, 5) is 0. The Morgan fingerprint density at radius 1 is 0.818 bits per heavy atom. The topological polar surface area (TPSA) is 9.23 Å². The third-order valence-corrected chi connectivity index (χ3v) is 6.49. The van der Waals surface area contributed by atoms with E-state index in [1.165, 1.54) is 63.4 Å². The molecule has 22 heavy (non-hydrogen) atoms. The molecule has 1 heteroatoms. The summed E-state index contributed by atoms with van der Waals surface area (Å²) in [5, 5.41) is 0. The van der Waals surface area contributed by atoms with Crippen LogP contribution in [0.2, 0.25) is 0 Å². The standard InChI is InChI=1S/C21H32O/c1-3-16-4-6-17(7-5-16)18-8-10-19(11-9-18)20-12-14-21(22-2)15-13-20/h12-19H,3-11H2,1-2H3/t16-,17-,18-,19-. The van der Waals surface area contributed by atoms with E-state index < -0.39 is 0 Å². The maximum atomic E-state index is 5.27. The van der Waals surface area contributed by atoms with E-state index in [2.05, 4.69) is 31.2 Å². The van der Waals surface area contributed by atoms with Crippen LogP contribution in [0.15, 0.2) is 24.3 Å². The van der Waals surface area contributed by atoms with Crippen LogP contribution in [0.1, 0.15) is 76.2 Å². The minimum Gasteiger partial charge on any atom is -0.497 e. The smallest absolute Gasteiger partial charge is 0.118 e. The fourth-order valence-electron chi connectivity index (χ4n) is 4.87. The lowest BCUT2D eigenvalue weighted by atomic mass is 9.68. The maximum absolute atomic E-state index is 5.27. The highest BCUT2D eigenvalue weighted by atomic mass is 16.5. The summed E-state index contributed by atoms with van der Waals surface area (Å²) in [6, 6.07) is 8.79. The van der Waals surface area contributed by atoms with Gasteiger partial charge in [0.05, 0.1) is 7.11 Å². The molecular formula is C21H32O. The van der Waals surface area contributed by atoms with Crippen molar-refractivity contribution in [2.75, 3.05) is 7.11 Å². The average molecular weight is 300 g/mol. The molecule has 0 aliphatic heterocycles. The summed E-state index contributed by atoms with van der Waals surface area (Å²) < 4.78 is 5.27. The fourth-order valence-corrected chi connectivity index (χ4v) is 4.87. The van der Waals surface area contributed by atoms with Gasteiger partial charge in [-0.1, -0.05) is 38.3 Å². The first-order chi connectivity index (χ1) is 10.8.